The van der Waals surface area contributed by atoms with Gasteiger partial charge in [0.1, 0.15) is 5.75 Å². The zero-order chi connectivity index (χ0) is 18.9. The number of aliphatic hydroxyl groups is 1. The number of nitrogens with zero attached hydrogens (tertiary/aromatic N) is 1. The Morgan fingerprint density at radius 3 is 2.50 bits per heavy atom. The predicted octanol–water partition coefficient (Wildman–Crippen LogP) is 3.81. The van der Waals surface area contributed by atoms with Crippen molar-refractivity contribution < 1.29 is 9.84 Å². The quantitative estimate of drug-likeness (QED) is 0.471. The number of halogens is 1. The molecule has 0 radical (unpaired) electrons. The molecule has 2 atom stereocenters. The van der Waals surface area contributed by atoms with Crippen LogP contribution in [0.25, 0.3) is 0 Å². The number of hydrogen-bond donors (Lipinski definition) is 3. The fourth-order valence-electron chi connectivity index (χ4n) is 2.54. The summed E-state index contributed by atoms with van der Waals surface area (Å²) in [4.78, 5) is 4.53. The third kappa shape index (κ3) is 5.75. The van der Waals surface area contributed by atoms with Crippen molar-refractivity contribution in [1.82, 2.24) is 10.6 Å². The second-order valence-electron chi connectivity index (χ2n) is 5.90. The maximum atomic E-state index is 10.4. The average Bonchev–Trinajstić information content (AvgIpc) is 2.66. The number of ether oxygens (including phenoxy) is 1. The van der Waals surface area contributed by atoms with Crippen molar-refractivity contribution in [1.29, 1.82) is 0 Å². The second-order valence-corrected chi connectivity index (χ2v) is 6.75. The molecule has 0 saturated heterocycles. The molecule has 0 fully saturated rings. The maximum Gasteiger partial charge on any atom is 0.191 e. The first kappa shape index (κ1) is 20.3. The van der Waals surface area contributed by atoms with Gasteiger partial charge in [-0.3, -0.25) is 4.99 Å². The van der Waals surface area contributed by atoms with Crippen molar-refractivity contribution in [3.8, 4) is 5.75 Å². The Labute approximate surface area is 163 Å². The Kier molecular flexibility index (Phi) is 7.94. The smallest absolute Gasteiger partial charge is 0.191 e. The third-order valence-corrected chi connectivity index (χ3v) is 4.71. The van der Waals surface area contributed by atoms with Crippen LogP contribution in [0.5, 0.6) is 5.75 Å². The van der Waals surface area contributed by atoms with E-state index in [0.29, 0.717) is 5.96 Å². The van der Waals surface area contributed by atoms with E-state index >= 15 is 0 Å². The minimum atomic E-state index is -0.671. The number of aliphatic imine (C=N–C) groups is 1. The summed E-state index contributed by atoms with van der Waals surface area (Å²) in [6.07, 6.45) is -0.671. The fraction of sp³-hybridized carbons (Fsp3) is 0.350. The van der Waals surface area contributed by atoms with Crippen molar-refractivity contribution >= 4 is 21.9 Å². The highest BCUT2D eigenvalue weighted by Crippen LogP contribution is 2.22. The van der Waals surface area contributed by atoms with Gasteiger partial charge in [0.2, 0.25) is 0 Å². The molecule has 140 valence electrons. The van der Waals surface area contributed by atoms with Gasteiger partial charge in [-0.2, -0.15) is 0 Å². The Balaban J connectivity index is 2.04. The van der Waals surface area contributed by atoms with Crippen LogP contribution < -0.4 is 15.4 Å². The molecule has 2 aromatic rings. The van der Waals surface area contributed by atoms with E-state index < -0.39 is 6.10 Å². The van der Waals surface area contributed by atoms with E-state index in [1.165, 1.54) is 0 Å². The minimum Gasteiger partial charge on any atom is -0.497 e. The van der Waals surface area contributed by atoms with E-state index in [1.807, 2.05) is 49.4 Å². The number of guanidine groups is 1. The molecular formula is C20H26BrN3O2. The molecule has 0 spiro atoms. The Bertz CT molecular complexity index is 719. The molecule has 2 rings (SSSR count). The molecule has 3 N–H and O–H groups in total. The molecule has 6 heteroatoms. The van der Waals surface area contributed by atoms with E-state index in [0.717, 1.165) is 27.9 Å². The lowest BCUT2D eigenvalue weighted by Crippen LogP contribution is -2.39. The molecule has 0 aromatic heterocycles. The van der Waals surface area contributed by atoms with Gasteiger partial charge in [0, 0.05) is 11.0 Å². The Hall–Kier alpha value is -2.05. The van der Waals surface area contributed by atoms with Crippen LogP contribution in [0.15, 0.2) is 58.0 Å². The van der Waals surface area contributed by atoms with Gasteiger partial charge in [-0.05, 0) is 43.2 Å². The van der Waals surface area contributed by atoms with Crippen LogP contribution in [-0.4, -0.2) is 31.3 Å². The predicted molar refractivity (Wildman–Crippen MR) is 110 cm³/mol. The van der Waals surface area contributed by atoms with Crippen molar-refractivity contribution in [3.05, 3.63) is 64.1 Å². The highest BCUT2D eigenvalue weighted by Gasteiger charge is 2.12. The molecule has 0 heterocycles. The molecule has 2 aromatic carbocycles. The number of nitrogens with one attached hydrogen (secondary N) is 2. The zero-order valence-electron chi connectivity index (χ0n) is 15.4. The van der Waals surface area contributed by atoms with Crippen molar-refractivity contribution in [2.45, 2.75) is 26.0 Å². The summed E-state index contributed by atoms with van der Waals surface area (Å²) in [6, 6.07) is 15.5. The van der Waals surface area contributed by atoms with Gasteiger partial charge < -0.3 is 20.5 Å². The number of hydrogen-bond acceptors (Lipinski definition) is 3. The molecule has 0 amide bonds. The highest BCUT2D eigenvalue weighted by molar-refractivity contribution is 9.10. The van der Waals surface area contributed by atoms with Crippen LogP contribution in [-0.2, 0) is 0 Å². The van der Waals surface area contributed by atoms with E-state index in [-0.39, 0.29) is 12.6 Å². The highest BCUT2D eigenvalue weighted by atomic mass is 79.9. The zero-order valence-corrected chi connectivity index (χ0v) is 17.0. The molecule has 0 aliphatic heterocycles. The summed E-state index contributed by atoms with van der Waals surface area (Å²) in [7, 11) is 1.62. The standard InChI is InChI=1S/C20H26BrN3O2/c1-4-22-20(24-14(2)17-7-5-6-8-18(17)21)23-13-19(25)15-9-11-16(26-3)12-10-15/h5-12,14,19,25H,4,13H2,1-3H3,(H2,22,23,24). The average molecular weight is 420 g/mol. The summed E-state index contributed by atoms with van der Waals surface area (Å²) in [5.74, 6) is 1.44. The normalized spacial score (nSPS) is 13.8. The molecule has 0 aliphatic carbocycles. The van der Waals surface area contributed by atoms with Crippen LogP contribution in [0.4, 0.5) is 0 Å². The van der Waals surface area contributed by atoms with E-state index in [9.17, 15) is 5.11 Å². The van der Waals surface area contributed by atoms with E-state index in [1.54, 1.807) is 7.11 Å². The molecule has 26 heavy (non-hydrogen) atoms. The Morgan fingerprint density at radius 1 is 1.19 bits per heavy atom. The number of rotatable bonds is 7. The van der Waals surface area contributed by atoms with Gasteiger partial charge in [0.05, 0.1) is 25.8 Å². The van der Waals surface area contributed by atoms with Crippen molar-refractivity contribution in [2.24, 2.45) is 4.99 Å². The summed E-state index contributed by atoms with van der Waals surface area (Å²) in [5.41, 5.74) is 1.96. The largest absolute Gasteiger partial charge is 0.497 e. The molecule has 5 nitrogen and oxygen atoms in total. The van der Waals surface area contributed by atoms with Crippen LogP contribution >= 0.6 is 15.9 Å². The van der Waals surface area contributed by atoms with Crippen LogP contribution in [0, 0.1) is 0 Å². The second kappa shape index (κ2) is 10.2. The van der Waals surface area contributed by atoms with Crippen molar-refractivity contribution in [3.63, 3.8) is 0 Å². The summed E-state index contributed by atoms with van der Waals surface area (Å²) < 4.78 is 6.19. The lowest BCUT2D eigenvalue weighted by atomic mass is 10.1. The third-order valence-electron chi connectivity index (χ3n) is 3.99. The van der Waals surface area contributed by atoms with E-state index in [2.05, 4.69) is 44.5 Å². The first-order chi connectivity index (χ1) is 12.5. The lowest BCUT2D eigenvalue weighted by Gasteiger charge is -2.20. The van der Waals surface area contributed by atoms with E-state index in [4.69, 9.17) is 4.74 Å². The lowest BCUT2D eigenvalue weighted by molar-refractivity contribution is 0.187. The first-order valence-electron chi connectivity index (χ1n) is 8.66. The topological polar surface area (TPSA) is 65.9 Å². The van der Waals surface area contributed by atoms with Gasteiger partial charge in [-0.15, -0.1) is 0 Å². The van der Waals surface area contributed by atoms with Gasteiger partial charge in [-0.1, -0.05) is 46.3 Å². The van der Waals surface area contributed by atoms with Gasteiger partial charge in [0.25, 0.3) is 0 Å². The number of aliphatic hydroxyl groups excluding tert-OH is 1. The summed E-state index contributed by atoms with van der Waals surface area (Å²) in [6.45, 7) is 5.10. The molecule has 0 saturated carbocycles. The van der Waals surface area contributed by atoms with Crippen LogP contribution in [0.3, 0.4) is 0 Å². The van der Waals surface area contributed by atoms with Gasteiger partial charge >= 0.3 is 0 Å². The van der Waals surface area contributed by atoms with Gasteiger partial charge in [-0.25, -0.2) is 0 Å². The molecule has 0 bridgehead atoms. The first-order valence-corrected chi connectivity index (χ1v) is 9.45. The Morgan fingerprint density at radius 2 is 1.88 bits per heavy atom. The SMILES string of the molecule is CCNC(=NCC(O)c1ccc(OC)cc1)NC(C)c1ccccc1Br. The van der Waals surface area contributed by atoms with Crippen molar-refractivity contribution in [2.75, 3.05) is 20.2 Å². The minimum absolute atomic E-state index is 0.0708. The molecular weight excluding hydrogens is 394 g/mol. The monoisotopic (exact) mass is 419 g/mol. The summed E-state index contributed by atoms with van der Waals surface area (Å²) >= 11 is 3.58. The maximum absolute atomic E-state index is 10.4. The number of benzene rings is 2. The number of methoxy groups -OCH3 is 1. The van der Waals surface area contributed by atoms with Gasteiger partial charge in [0.15, 0.2) is 5.96 Å². The van der Waals surface area contributed by atoms with Crippen LogP contribution in [0.1, 0.15) is 37.1 Å². The molecule has 2 unspecified atom stereocenters. The fourth-order valence-corrected chi connectivity index (χ4v) is 3.17. The summed E-state index contributed by atoms with van der Waals surface area (Å²) in [5, 5.41) is 17.0. The molecule has 0 aliphatic rings. The van der Waals surface area contributed by atoms with Crippen LogP contribution in [0.2, 0.25) is 0 Å².